The molecule has 0 fully saturated rings. The number of hydrogen-bond acceptors (Lipinski definition) is 2. The number of methoxy groups -OCH3 is 1. The van der Waals surface area contributed by atoms with E-state index in [-0.39, 0.29) is 5.38 Å². The average molecular weight is 341 g/mol. The summed E-state index contributed by atoms with van der Waals surface area (Å²) in [6, 6.07) is 5.91. The molecule has 1 aromatic rings. The summed E-state index contributed by atoms with van der Waals surface area (Å²) < 4.78 is 5.99. The van der Waals surface area contributed by atoms with Gasteiger partial charge in [-0.3, -0.25) is 0 Å². The molecule has 17 heavy (non-hydrogen) atoms. The number of hydrogen-bond donors (Lipinski definition) is 0. The summed E-state index contributed by atoms with van der Waals surface area (Å²) in [5.41, 5.74) is 1.10. The van der Waals surface area contributed by atoms with Crippen LogP contribution in [-0.2, 0) is 11.3 Å². The summed E-state index contributed by atoms with van der Waals surface area (Å²) in [5, 5.41) is 0.767. The van der Waals surface area contributed by atoms with E-state index in [0.29, 0.717) is 6.61 Å². The minimum Gasteiger partial charge on any atom is -0.383 e. The first-order valence-electron chi connectivity index (χ1n) is 5.28. The maximum Gasteiger partial charge on any atom is 0.0696 e. The molecule has 0 radical (unpaired) electrons. The van der Waals surface area contributed by atoms with Gasteiger partial charge in [0.15, 0.2) is 0 Å². The Balaban J connectivity index is 2.52. The second-order valence-electron chi connectivity index (χ2n) is 3.99. The molecular formula is C12H16BrCl2NO. The molecule has 0 aliphatic heterocycles. The van der Waals surface area contributed by atoms with E-state index in [1.165, 1.54) is 0 Å². The highest BCUT2D eigenvalue weighted by atomic mass is 79.9. The zero-order valence-corrected chi connectivity index (χ0v) is 13.0. The Morgan fingerprint density at radius 1 is 1.47 bits per heavy atom. The van der Waals surface area contributed by atoms with E-state index < -0.39 is 0 Å². The SMILES string of the molecule is COCC(Cl)CN(C)Cc1ccc(Br)cc1Cl. The minimum absolute atomic E-state index is 0.000719. The molecule has 1 unspecified atom stereocenters. The lowest BCUT2D eigenvalue weighted by Gasteiger charge is -2.20. The van der Waals surface area contributed by atoms with Crippen molar-refractivity contribution in [3.8, 4) is 0 Å². The molecular weight excluding hydrogens is 325 g/mol. The van der Waals surface area contributed by atoms with Crippen molar-refractivity contribution in [1.29, 1.82) is 0 Å². The third-order valence-electron chi connectivity index (χ3n) is 2.31. The Labute approximate surface area is 121 Å². The molecule has 96 valence electrons. The molecule has 0 N–H and O–H groups in total. The van der Waals surface area contributed by atoms with Gasteiger partial charge < -0.3 is 9.64 Å². The van der Waals surface area contributed by atoms with Gasteiger partial charge in [-0.1, -0.05) is 33.6 Å². The lowest BCUT2D eigenvalue weighted by atomic mass is 10.2. The van der Waals surface area contributed by atoms with E-state index in [0.717, 1.165) is 28.1 Å². The topological polar surface area (TPSA) is 12.5 Å². The summed E-state index contributed by atoms with van der Waals surface area (Å²) in [6.45, 7) is 2.10. The van der Waals surface area contributed by atoms with Crippen molar-refractivity contribution in [2.24, 2.45) is 0 Å². The van der Waals surface area contributed by atoms with Crippen molar-refractivity contribution in [3.05, 3.63) is 33.3 Å². The van der Waals surface area contributed by atoms with Crippen molar-refractivity contribution in [2.45, 2.75) is 11.9 Å². The van der Waals surface area contributed by atoms with Crippen LogP contribution in [0.3, 0.4) is 0 Å². The molecule has 0 saturated heterocycles. The van der Waals surface area contributed by atoms with Gasteiger partial charge in [0.05, 0.1) is 12.0 Å². The molecule has 0 saturated carbocycles. The molecule has 0 aromatic heterocycles. The molecule has 1 atom stereocenters. The van der Waals surface area contributed by atoms with Crippen LogP contribution in [0.2, 0.25) is 5.02 Å². The monoisotopic (exact) mass is 339 g/mol. The molecule has 0 aliphatic rings. The number of rotatable bonds is 6. The fourth-order valence-electron chi connectivity index (χ4n) is 1.58. The van der Waals surface area contributed by atoms with Crippen LogP contribution in [0.4, 0.5) is 0 Å². The van der Waals surface area contributed by atoms with Gasteiger partial charge in [-0.25, -0.2) is 0 Å². The van der Waals surface area contributed by atoms with E-state index in [1.807, 2.05) is 25.2 Å². The van der Waals surface area contributed by atoms with Crippen LogP contribution in [0, 0.1) is 0 Å². The highest BCUT2D eigenvalue weighted by Crippen LogP contribution is 2.22. The first kappa shape index (κ1) is 15.3. The standard InChI is InChI=1S/C12H16BrCl2NO/c1-16(7-11(14)8-17-2)6-9-3-4-10(13)5-12(9)15/h3-5,11H,6-8H2,1-2H3. The number of alkyl halides is 1. The quantitative estimate of drug-likeness (QED) is 0.730. The van der Waals surface area contributed by atoms with Crippen molar-refractivity contribution in [1.82, 2.24) is 4.90 Å². The van der Waals surface area contributed by atoms with Crippen LogP contribution in [0.5, 0.6) is 0 Å². The normalized spacial score (nSPS) is 13.1. The summed E-state index contributed by atoms with van der Waals surface area (Å²) >= 11 is 15.6. The molecule has 5 heteroatoms. The first-order valence-corrected chi connectivity index (χ1v) is 6.89. The molecule has 0 heterocycles. The van der Waals surface area contributed by atoms with Gasteiger partial charge in [-0.05, 0) is 24.7 Å². The molecule has 1 rings (SSSR count). The summed E-state index contributed by atoms with van der Waals surface area (Å²) in [5.74, 6) is 0. The van der Waals surface area contributed by atoms with Gasteiger partial charge in [0, 0.05) is 29.7 Å². The zero-order valence-electron chi connectivity index (χ0n) is 9.92. The van der Waals surface area contributed by atoms with Crippen LogP contribution in [-0.4, -0.2) is 37.6 Å². The van der Waals surface area contributed by atoms with Gasteiger partial charge in [0.25, 0.3) is 0 Å². The van der Waals surface area contributed by atoms with Gasteiger partial charge in [-0.15, -0.1) is 11.6 Å². The van der Waals surface area contributed by atoms with Crippen LogP contribution in [0.25, 0.3) is 0 Å². The van der Waals surface area contributed by atoms with Crippen LogP contribution in [0.15, 0.2) is 22.7 Å². The van der Waals surface area contributed by atoms with Crippen LogP contribution in [0.1, 0.15) is 5.56 Å². The van der Waals surface area contributed by atoms with Gasteiger partial charge in [0.2, 0.25) is 0 Å². The first-order chi connectivity index (χ1) is 8.02. The van der Waals surface area contributed by atoms with Gasteiger partial charge >= 0.3 is 0 Å². The number of halogens is 3. The van der Waals surface area contributed by atoms with Crippen molar-refractivity contribution in [3.63, 3.8) is 0 Å². The summed E-state index contributed by atoms with van der Waals surface area (Å²) in [4.78, 5) is 2.13. The largest absolute Gasteiger partial charge is 0.383 e. The third kappa shape index (κ3) is 5.58. The second-order valence-corrected chi connectivity index (χ2v) is 5.93. The van der Waals surface area contributed by atoms with E-state index in [4.69, 9.17) is 27.9 Å². The molecule has 0 aliphatic carbocycles. The zero-order chi connectivity index (χ0) is 12.8. The Kier molecular flexibility index (Phi) is 6.82. The second kappa shape index (κ2) is 7.59. The van der Waals surface area contributed by atoms with Crippen molar-refractivity contribution < 1.29 is 4.74 Å². The highest BCUT2D eigenvalue weighted by Gasteiger charge is 2.10. The lowest BCUT2D eigenvalue weighted by molar-refractivity contribution is 0.181. The summed E-state index contributed by atoms with van der Waals surface area (Å²) in [6.07, 6.45) is 0. The highest BCUT2D eigenvalue weighted by molar-refractivity contribution is 9.10. The minimum atomic E-state index is -0.000719. The lowest BCUT2D eigenvalue weighted by Crippen LogP contribution is -2.28. The maximum atomic E-state index is 6.16. The van der Waals surface area contributed by atoms with E-state index in [1.54, 1.807) is 7.11 Å². The molecule has 2 nitrogen and oxygen atoms in total. The Hall–Kier alpha value is 0.200. The molecule has 0 amide bonds. The van der Waals surface area contributed by atoms with Gasteiger partial charge in [0.1, 0.15) is 0 Å². The molecule has 0 spiro atoms. The van der Waals surface area contributed by atoms with E-state index in [9.17, 15) is 0 Å². The van der Waals surface area contributed by atoms with Crippen LogP contribution < -0.4 is 0 Å². The average Bonchev–Trinajstić information content (AvgIpc) is 2.22. The number of benzene rings is 1. The Bertz CT molecular complexity index is 362. The fraction of sp³-hybridized carbons (Fsp3) is 0.500. The molecule has 1 aromatic carbocycles. The van der Waals surface area contributed by atoms with E-state index in [2.05, 4.69) is 20.8 Å². The number of ether oxygens (including phenoxy) is 1. The summed E-state index contributed by atoms with van der Waals surface area (Å²) in [7, 11) is 3.67. The van der Waals surface area contributed by atoms with Crippen molar-refractivity contribution in [2.75, 3.05) is 27.3 Å². The smallest absolute Gasteiger partial charge is 0.0696 e. The van der Waals surface area contributed by atoms with Gasteiger partial charge in [-0.2, -0.15) is 0 Å². The van der Waals surface area contributed by atoms with Crippen LogP contribution >= 0.6 is 39.1 Å². The fourth-order valence-corrected chi connectivity index (χ4v) is 2.67. The Morgan fingerprint density at radius 3 is 2.76 bits per heavy atom. The Morgan fingerprint density at radius 2 is 2.18 bits per heavy atom. The van der Waals surface area contributed by atoms with E-state index >= 15 is 0 Å². The maximum absolute atomic E-state index is 6.16. The molecule has 0 bridgehead atoms. The number of nitrogens with zero attached hydrogens (tertiary/aromatic N) is 1. The predicted octanol–water partition coefficient (Wildman–Crippen LogP) is 3.79. The third-order valence-corrected chi connectivity index (χ3v) is 3.42. The van der Waals surface area contributed by atoms with Crippen molar-refractivity contribution >= 4 is 39.1 Å². The predicted molar refractivity (Wildman–Crippen MR) is 77.0 cm³/mol.